The van der Waals surface area contributed by atoms with E-state index in [1.807, 2.05) is 0 Å². The zero-order valence-corrected chi connectivity index (χ0v) is 20.9. The highest BCUT2D eigenvalue weighted by Crippen LogP contribution is 2.17. The van der Waals surface area contributed by atoms with Crippen LogP contribution in [0.4, 0.5) is 0 Å². The Kier molecular flexibility index (Phi) is 20.1. The summed E-state index contributed by atoms with van der Waals surface area (Å²) in [5.41, 5.74) is 0. The van der Waals surface area contributed by atoms with E-state index in [4.69, 9.17) is 13.3 Å². The first-order chi connectivity index (χ1) is 12.4. The molecule has 0 radical (unpaired) electrons. The zero-order valence-electron chi connectivity index (χ0n) is 19.2. The Balaban J connectivity index is 0. The fourth-order valence-electron chi connectivity index (χ4n) is 3.60. The van der Waals surface area contributed by atoms with Gasteiger partial charge in [-0.3, -0.25) is 0 Å². The van der Waals surface area contributed by atoms with Gasteiger partial charge in [0.1, 0.15) is 0 Å². The van der Waals surface area contributed by atoms with E-state index in [1.165, 1.54) is 77.2 Å². The van der Waals surface area contributed by atoms with Crippen LogP contribution in [-0.4, -0.2) is 61.8 Å². The van der Waals surface area contributed by atoms with Gasteiger partial charge < -0.3 is 30.2 Å². The molecule has 0 heterocycles. The highest BCUT2D eigenvalue weighted by atomic mass is 35.5. The van der Waals surface area contributed by atoms with Gasteiger partial charge in [0.15, 0.2) is 0 Å². The molecule has 0 N–H and O–H groups in total. The Morgan fingerprint density at radius 1 is 0.593 bits per heavy atom. The number of nitrogens with zero attached hydrogens (tertiary/aromatic N) is 1. The lowest BCUT2D eigenvalue weighted by molar-refractivity contribution is -0.890. The van der Waals surface area contributed by atoms with Crippen molar-refractivity contribution in [1.82, 2.24) is 0 Å². The molecule has 4 nitrogen and oxygen atoms in total. The topological polar surface area (TPSA) is 27.7 Å². The minimum absolute atomic E-state index is 0. The van der Waals surface area contributed by atoms with Crippen LogP contribution in [0, 0.1) is 0 Å². The molecular formula is C21H48ClNO3Si. The highest BCUT2D eigenvalue weighted by molar-refractivity contribution is 6.60. The van der Waals surface area contributed by atoms with Gasteiger partial charge in [0.25, 0.3) is 0 Å². The minimum Gasteiger partial charge on any atom is -1.00 e. The molecule has 0 fully saturated rings. The van der Waals surface area contributed by atoms with E-state index in [-0.39, 0.29) is 12.4 Å². The van der Waals surface area contributed by atoms with Gasteiger partial charge in [0, 0.05) is 33.8 Å². The van der Waals surface area contributed by atoms with E-state index < -0.39 is 8.80 Å². The van der Waals surface area contributed by atoms with Crippen molar-refractivity contribution in [2.24, 2.45) is 0 Å². The predicted molar refractivity (Wildman–Crippen MR) is 115 cm³/mol. The molecule has 0 rings (SSSR count). The van der Waals surface area contributed by atoms with Crippen LogP contribution in [0.2, 0.25) is 6.04 Å². The lowest BCUT2D eigenvalue weighted by atomic mass is 10.1. The molecule has 0 saturated heterocycles. The van der Waals surface area contributed by atoms with Gasteiger partial charge in [0.2, 0.25) is 0 Å². The standard InChI is InChI=1S/C21H48NO3Si.ClH/c1-7-8-9-10-11-12-13-14-15-16-17-19-22(2,3)20-18-21-26(23-4,24-5)25-6;/h7-21H2,1-6H3;1H/q+1;/p-1. The van der Waals surface area contributed by atoms with Gasteiger partial charge in [0.05, 0.1) is 27.2 Å². The molecule has 0 aliphatic rings. The molecule has 27 heavy (non-hydrogen) atoms. The maximum Gasteiger partial charge on any atom is 0.500 e. The van der Waals surface area contributed by atoms with Gasteiger partial charge >= 0.3 is 8.80 Å². The smallest absolute Gasteiger partial charge is 0.500 e. The second kappa shape index (κ2) is 18.4. The fraction of sp³-hybridized carbons (Fsp3) is 1.00. The van der Waals surface area contributed by atoms with Crippen LogP contribution in [0.5, 0.6) is 0 Å². The minimum atomic E-state index is -2.39. The number of rotatable bonds is 19. The van der Waals surface area contributed by atoms with Crippen molar-refractivity contribution >= 4 is 8.80 Å². The van der Waals surface area contributed by atoms with E-state index in [0.717, 1.165) is 23.5 Å². The van der Waals surface area contributed by atoms with Gasteiger partial charge in [-0.15, -0.1) is 0 Å². The first-order valence-corrected chi connectivity index (χ1v) is 12.9. The van der Waals surface area contributed by atoms with Gasteiger partial charge in [-0.2, -0.15) is 0 Å². The van der Waals surface area contributed by atoms with Crippen LogP contribution in [0.1, 0.15) is 84.0 Å². The van der Waals surface area contributed by atoms with Crippen LogP contribution in [-0.2, 0) is 13.3 Å². The van der Waals surface area contributed by atoms with Gasteiger partial charge in [-0.25, -0.2) is 0 Å². The molecule has 0 saturated carbocycles. The third-order valence-electron chi connectivity index (χ3n) is 5.55. The Bertz CT molecular complexity index is 308. The molecule has 0 aliphatic heterocycles. The Hall–Kier alpha value is 0.347. The molecular weight excluding hydrogens is 378 g/mol. The second-order valence-corrected chi connectivity index (χ2v) is 11.4. The summed E-state index contributed by atoms with van der Waals surface area (Å²) in [5.74, 6) is 0. The first-order valence-electron chi connectivity index (χ1n) is 10.9. The summed E-state index contributed by atoms with van der Waals surface area (Å²) < 4.78 is 17.6. The number of hydrogen-bond acceptors (Lipinski definition) is 3. The van der Waals surface area contributed by atoms with Crippen LogP contribution < -0.4 is 12.4 Å². The quantitative estimate of drug-likeness (QED) is 0.181. The van der Waals surface area contributed by atoms with Crippen LogP contribution in [0.15, 0.2) is 0 Å². The molecule has 0 aromatic heterocycles. The number of hydrogen-bond donors (Lipinski definition) is 0. The molecule has 0 unspecified atom stereocenters. The average molecular weight is 426 g/mol. The SMILES string of the molecule is CCCCCCCCCCCCC[N+](C)(C)CCC[Si](OC)(OC)OC.[Cl-]. The molecule has 0 aliphatic carbocycles. The van der Waals surface area contributed by atoms with Crippen molar-refractivity contribution in [3.05, 3.63) is 0 Å². The van der Waals surface area contributed by atoms with Crippen molar-refractivity contribution in [3.63, 3.8) is 0 Å². The Labute approximate surface area is 177 Å². The normalized spacial score (nSPS) is 12.2. The number of quaternary nitrogens is 1. The maximum absolute atomic E-state index is 5.51. The van der Waals surface area contributed by atoms with Crippen LogP contribution in [0.3, 0.4) is 0 Å². The largest absolute Gasteiger partial charge is 1.00 e. The van der Waals surface area contributed by atoms with Crippen molar-refractivity contribution in [1.29, 1.82) is 0 Å². The third-order valence-corrected chi connectivity index (χ3v) is 8.38. The monoisotopic (exact) mass is 425 g/mol. The van der Waals surface area contributed by atoms with Gasteiger partial charge in [-0.05, 0) is 12.8 Å². The summed E-state index contributed by atoms with van der Waals surface area (Å²) in [7, 11) is 7.38. The Morgan fingerprint density at radius 2 is 0.963 bits per heavy atom. The van der Waals surface area contributed by atoms with Crippen LogP contribution in [0.25, 0.3) is 0 Å². The van der Waals surface area contributed by atoms with E-state index in [9.17, 15) is 0 Å². The second-order valence-electron chi connectivity index (χ2n) is 8.32. The molecule has 0 aromatic carbocycles. The molecule has 0 aromatic rings. The van der Waals surface area contributed by atoms with E-state index in [0.29, 0.717) is 0 Å². The first kappa shape index (κ1) is 29.5. The van der Waals surface area contributed by atoms with E-state index in [2.05, 4.69) is 21.0 Å². The summed E-state index contributed by atoms with van der Waals surface area (Å²) in [6.45, 7) is 4.70. The maximum atomic E-state index is 5.51. The van der Waals surface area contributed by atoms with E-state index >= 15 is 0 Å². The van der Waals surface area contributed by atoms with Crippen molar-refractivity contribution in [2.75, 3.05) is 48.5 Å². The van der Waals surface area contributed by atoms with Crippen LogP contribution >= 0.6 is 0 Å². The third kappa shape index (κ3) is 15.9. The molecule has 0 spiro atoms. The Morgan fingerprint density at radius 3 is 1.37 bits per heavy atom. The molecule has 0 amide bonds. The number of halogens is 1. The average Bonchev–Trinajstić information content (AvgIpc) is 2.63. The summed E-state index contributed by atoms with van der Waals surface area (Å²) in [5, 5.41) is 0. The van der Waals surface area contributed by atoms with E-state index in [1.54, 1.807) is 21.3 Å². The van der Waals surface area contributed by atoms with Gasteiger partial charge in [-0.1, -0.05) is 64.7 Å². The predicted octanol–water partition coefficient (Wildman–Crippen LogP) is 2.65. The highest BCUT2D eigenvalue weighted by Gasteiger charge is 2.37. The summed E-state index contributed by atoms with van der Waals surface area (Å²) >= 11 is 0. The number of unbranched alkanes of at least 4 members (excludes halogenated alkanes) is 10. The summed E-state index contributed by atoms with van der Waals surface area (Å²) in [6, 6.07) is 0.899. The summed E-state index contributed by atoms with van der Waals surface area (Å²) in [4.78, 5) is 0. The fourth-order valence-corrected chi connectivity index (χ4v) is 5.30. The lowest BCUT2D eigenvalue weighted by Gasteiger charge is -2.31. The molecule has 0 bridgehead atoms. The lowest BCUT2D eigenvalue weighted by Crippen LogP contribution is -3.00. The van der Waals surface area contributed by atoms with Crippen molar-refractivity contribution < 1.29 is 30.2 Å². The zero-order chi connectivity index (χ0) is 19.7. The molecule has 0 atom stereocenters. The van der Waals surface area contributed by atoms with Crippen molar-refractivity contribution in [2.45, 2.75) is 90.0 Å². The molecule has 6 heteroatoms. The summed E-state index contributed by atoms with van der Waals surface area (Å²) in [6.07, 6.45) is 16.6. The van der Waals surface area contributed by atoms with Crippen molar-refractivity contribution in [3.8, 4) is 0 Å². The molecule has 166 valence electrons.